The molecule has 0 fully saturated rings. The fourth-order valence-electron chi connectivity index (χ4n) is 22.9. The van der Waals surface area contributed by atoms with Crippen molar-refractivity contribution in [2.75, 3.05) is 9.80 Å². The molecule has 3 heterocycles. The molecule has 0 N–H and O–H groups in total. The first-order valence-corrected chi connectivity index (χ1v) is 38.4. The standard InChI is InChI=1S/C105H62BN3/c1-2-28-63(29-3-1)64-56-59-93-90(60-64)106-89-58-57-79-74-38-12-23-51-88(74)105(84-47-19-8-34-70(84)71-35-9-20-48-85(71)105)100(79)102(89)109(95-55-27-42-78-73-37-11-22-50-87(73)104(99(78)95)82-45-17-6-32-68(82)69-33-7-18-46-83(69)104)97-62-65(107-91-52-24-13-39-75(91)76-40-14-25-53-92(76)107)61-96(101(97)106)108(93)94-54-26-41-77-72-36-10-21-49-86(72)103(98(77)94)80-43-15-4-30-66(80)67-31-5-16-44-81(67)103/h1-62H. The van der Waals surface area contributed by atoms with Gasteiger partial charge in [0, 0.05) is 50.2 Å². The van der Waals surface area contributed by atoms with Crippen LogP contribution in [0, 0.1) is 0 Å². The molecule has 6 aliphatic carbocycles. The smallest absolute Gasteiger partial charge is 0.252 e. The predicted octanol–water partition coefficient (Wildman–Crippen LogP) is 23.6. The van der Waals surface area contributed by atoms with Gasteiger partial charge in [-0.2, -0.15) is 0 Å². The number of nitrogens with zero attached hydrogens (tertiary/aromatic N) is 3. The minimum Gasteiger partial charge on any atom is -0.311 e. The minimum atomic E-state index is -0.754. The number of rotatable bonds is 4. The van der Waals surface area contributed by atoms with Gasteiger partial charge >= 0.3 is 0 Å². The number of hydrogen-bond donors (Lipinski definition) is 0. The monoisotopic (exact) mass is 1380 g/mol. The van der Waals surface area contributed by atoms with Crippen LogP contribution in [0.3, 0.4) is 0 Å². The zero-order valence-corrected chi connectivity index (χ0v) is 59.2. The molecule has 1 aromatic heterocycles. The van der Waals surface area contributed by atoms with Crippen LogP contribution in [0.5, 0.6) is 0 Å². The van der Waals surface area contributed by atoms with Crippen molar-refractivity contribution in [3.63, 3.8) is 0 Å². The van der Waals surface area contributed by atoms with Crippen LogP contribution in [0.25, 0.3) is 105 Å². The number of aromatic nitrogens is 1. The Kier molecular flexibility index (Phi) is 11.2. The van der Waals surface area contributed by atoms with Crippen LogP contribution in [0.2, 0.25) is 0 Å². The molecule has 2 aliphatic heterocycles. The molecule has 0 atom stereocenters. The van der Waals surface area contributed by atoms with Crippen molar-refractivity contribution in [3.8, 4) is 83.6 Å². The lowest BCUT2D eigenvalue weighted by Crippen LogP contribution is -2.62. The van der Waals surface area contributed by atoms with Gasteiger partial charge in [-0.1, -0.05) is 334 Å². The third-order valence-electron chi connectivity index (χ3n) is 26.6. The average Bonchev–Trinajstić information content (AvgIpc) is 1.54. The van der Waals surface area contributed by atoms with E-state index in [1.54, 1.807) is 0 Å². The Labute approximate surface area is 631 Å². The number of anilines is 6. The van der Waals surface area contributed by atoms with E-state index >= 15 is 0 Å². The zero-order valence-electron chi connectivity index (χ0n) is 59.2. The Hall–Kier alpha value is -13.8. The normalized spacial score (nSPS) is 15.0. The van der Waals surface area contributed by atoms with E-state index in [4.69, 9.17) is 0 Å². The summed E-state index contributed by atoms with van der Waals surface area (Å²) in [7, 11) is 0. The third-order valence-corrected chi connectivity index (χ3v) is 26.6. The second kappa shape index (κ2) is 20.8. The highest BCUT2D eigenvalue weighted by atomic mass is 15.2. The molecule has 0 saturated heterocycles. The molecule has 3 nitrogen and oxygen atoms in total. The van der Waals surface area contributed by atoms with E-state index < -0.39 is 16.2 Å². The molecule has 8 aliphatic rings. The highest BCUT2D eigenvalue weighted by Crippen LogP contribution is 2.71. The van der Waals surface area contributed by atoms with Gasteiger partial charge in [-0.15, -0.1) is 0 Å². The summed E-state index contributed by atoms with van der Waals surface area (Å²) in [5.41, 5.74) is 45.3. The van der Waals surface area contributed by atoms with Gasteiger partial charge in [0.15, 0.2) is 0 Å². The fourth-order valence-corrected chi connectivity index (χ4v) is 22.9. The summed E-state index contributed by atoms with van der Waals surface area (Å²) in [4.78, 5) is 5.65. The Morgan fingerprint density at radius 1 is 0.211 bits per heavy atom. The van der Waals surface area contributed by atoms with Crippen molar-refractivity contribution in [1.82, 2.24) is 4.57 Å². The van der Waals surface area contributed by atoms with Crippen molar-refractivity contribution < 1.29 is 0 Å². The lowest BCUT2D eigenvalue weighted by Gasteiger charge is -2.48. The highest BCUT2D eigenvalue weighted by molar-refractivity contribution is 7.00. The molecule has 4 heteroatoms. The topological polar surface area (TPSA) is 11.4 Å². The lowest BCUT2D eigenvalue weighted by molar-refractivity contribution is 0.786. The van der Waals surface area contributed by atoms with Crippen molar-refractivity contribution >= 4 is 79.0 Å². The Morgan fingerprint density at radius 3 is 0.982 bits per heavy atom. The predicted molar refractivity (Wildman–Crippen MR) is 449 cm³/mol. The molecule has 0 unspecified atom stereocenters. The van der Waals surface area contributed by atoms with Gasteiger partial charge in [0.1, 0.15) is 0 Å². The van der Waals surface area contributed by atoms with E-state index in [0.29, 0.717) is 0 Å². The Balaban J connectivity index is 0.879. The molecule has 500 valence electrons. The summed E-state index contributed by atoms with van der Waals surface area (Å²) in [5.74, 6) is 0. The molecular weight excluding hydrogens is 1310 g/mol. The zero-order chi connectivity index (χ0) is 70.7. The van der Waals surface area contributed by atoms with Gasteiger partial charge in [-0.05, 0) is 187 Å². The van der Waals surface area contributed by atoms with E-state index in [1.807, 2.05) is 0 Å². The molecule has 0 radical (unpaired) electrons. The number of benzene rings is 17. The quantitative estimate of drug-likeness (QED) is 0.163. The molecule has 18 aromatic rings. The Bertz CT molecular complexity index is 6930. The molecule has 0 bridgehead atoms. The van der Waals surface area contributed by atoms with Crippen molar-refractivity contribution in [2.45, 2.75) is 16.2 Å². The molecule has 0 amide bonds. The molecule has 3 spiro atoms. The highest BCUT2D eigenvalue weighted by Gasteiger charge is 2.60. The van der Waals surface area contributed by atoms with E-state index in [1.165, 1.54) is 177 Å². The number of para-hydroxylation sites is 2. The summed E-state index contributed by atoms with van der Waals surface area (Å²) in [6.45, 7) is -0.303. The van der Waals surface area contributed by atoms with Crippen LogP contribution in [-0.2, 0) is 16.2 Å². The SMILES string of the molecule is c1ccc(-c2ccc3c(c2)B2c4ccc5c(c4N(c4cccc6c4C4(c7ccccc7-c7ccccc74)c4ccccc4-6)c4cc(-n6c7ccccc7c7ccccc76)cc(c42)N3c2cccc3c2C2(c4ccccc4-c4ccccc42)c2ccccc2-3)C2(c3ccccc3-c3ccccc32)c2ccccc2-5)cc1. The first-order chi connectivity index (χ1) is 54.1. The van der Waals surface area contributed by atoms with Gasteiger partial charge in [-0.3, -0.25) is 0 Å². The summed E-state index contributed by atoms with van der Waals surface area (Å²) in [5, 5.41) is 2.43. The third kappa shape index (κ3) is 6.88. The number of hydrogen-bond acceptors (Lipinski definition) is 2. The summed E-state index contributed by atoms with van der Waals surface area (Å²) >= 11 is 0. The van der Waals surface area contributed by atoms with Crippen LogP contribution < -0.4 is 26.2 Å². The minimum absolute atomic E-state index is 0.303. The molecule has 0 saturated carbocycles. The second-order valence-electron chi connectivity index (χ2n) is 31.0. The first-order valence-electron chi connectivity index (χ1n) is 38.4. The van der Waals surface area contributed by atoms with E-state index in [2.05, 4.69) is 390 Å². The van der Waals surface area contributed by atoms with E-state index in [9.17, 15) is 0 Å². The summed E-state index contributed by atoms with van der Waals surface area (Å²) in [6.07, 6.45) is 0. The largest absolute Gasteiger partial charge is 0.311 e. The van der Waals surface area contributed by atoms with Crippen LogP contribution in [-0.4, -0.2) is 11.3 Å². The average molecular weight is 1380 g/mol. The van der Waals surface area contributed by atoms with Crippen molar-refractivity contribution in [3.05, 3.63) is 443 Å². The van der Waals surface area contributed by atoms with Crippen LogP contribution >= 0.6 is 0 Å². The van der Waals surface area contributed by atoms with Crippen LogP contribution in [0.15, 0.2) is 376 Å². The van der Waals surface area contributed by atoms with Crippen LogP contribution in [0.4, 0.5) is 34.1 Å². The second-order valence-corrected chi connectivity index (χ2v) is 31.0. The molecule has 109 heavy (non-hydrogen) atoms. The Morgan fingerprint density at radius 2 is 0.550 bits per heavy atom. The van der Waals surface area contributed by atoms with Gasteiger partial charge < -0.3 is 14.4 Å². The number of fused-ring (bicyclic) bond motifs is 38. The maximum Gasteiger partial charge on any atom is 0.252 e. The molecule has 26 rings (SSSR count). The van der Waals surface area contributed by atoms with Gasteiger partial charge in [0.25, 0.3) is 6.71 Å². The van der Waals surface area contributed by atoms with Crippen molar-refractivity contribution in [1.29, 1.82) is 0 Å². The van der Waals surface area contributed by atoms with Gasteiger partial charge in [0.05, 0.1) is 44.3 Å². The maximum absolute atomic E-state index is 2.88. The van der Waals surface area contributed by atoms with Crippen molar-refractivity contribution in [2.24, 2.45) is 0 Å². The van der Waals surface area contributed by atoms with E-state index in [-0.39, 0.29) is 6.71 Å². The molecular formula is C105H62BN3. The maximum atomic E-state index is 2.88. The fraction of sp³-hybridized carbons (Fsp3) is 0.0286. The first kappa shape index (κ1) is 58.5. The summed E-state index contributed by atoms with van der Waals surface area (Å²) in [6, 6.07) is 146. The van der Waals surface area contributed by atoms with Gasteiger partial charge in [-0.25, -0.2) is 0 Å². The van der Waals surface area contributed by atoms with E-state index in [0.717, 1.165) is 45.2 Å². The lowest BCUT2D eigenvalue weighted by atomic mass is 9.33. The molecule has 17 aromatic carbocycles. The van der Waals surface area contributed by atoms with Crippen LogP contribution in [0.1, 0.15) is 66.8 Å². The summed E-state index contributed by atoms with van der Waals surface area (Å²) < 4.78 is 2.60. The van der Waals surface area contributed by atoms with Gasteiger partial charge in [0.2, 0.25) is 0 Å².